The summed E-state index contributed by atoms with van der Waals surface area (Å²) in [6.45, 7) is 0. The number of thiol groups is 1. The lowest BCUT2D eigenvalue weighted by atomic mass is 10.2. The van der Waals surface area contributed by atoms with Crippen LogP contribution in [0.1, 0.15) is 10.4 Å². The number of benzene rings is 1. The molecule has 0 aliphatic rings. The molecule has 2 rings (SSSR count). The Labute approximate surface area is 113 Å². The molecule has 0 saturated heterocycles. The van der Waals surface area contributed by atoms with Crippen LogP contribution in [0.25, 0.3) is 0 Å². The lowest BCUT2D eigenvalue weighted by Gasteiger charge is -2.05. The minimum absolute atomic E-state index is 0.180. The smallest absolute Gasteiger partial charge is 0.255 e. The van der Waals surface area contributed by atoms with E-state index < -0.39 is 0 Å². The standard InChI is InChI=1S/C12H9BrN2OS/c13-9-5-10(7-14-6-9)15-12(16)8-2-1-3-11(17)4-8/h1-7,17H,(H,15,16). The first-order valence-electron chi connectivity index (χ1n) is 4.86. The third-order valence-electron chi connectivity index (χ3n) is 2.07. The molecule has 0 saturated carbocycles. The van der Waals surface area contributed by atoms with Gasteiger partial charge >= 0.3 is 0 Å². The van der Waals surface area contributed by atoms with Crippen LogP contribution < -0.4 is 5.32 Å². The number of nitrogens with one attached hydrogen (secondary N) is 1. The highest BCUT2D eigenvalue weighted by atomic mass is 79.9. The Morgan fingerprint density at radius 3 is 2.82 bits per heavy atom. The molecular weight excluding hydrogens is 300 g/mol. The van der Waals surface area contributed by atoms with Crippen LogP contribution in [0.15, 0.2) is 52.1 Å². The highest BCUT2D eigenvalue weighted by Crippen LogP contribution is 2.15. The van der Waals surface area contributed by atoms with Crippen LogP contribution in [0, 0.1) is 0 Å². The van der Waals surface area contributed by atoms with Gasteiger partial charge in [-0.3, -0.25) is 9.78 Å². The zero-order valence-electron chi connectivity index (χ0n) is 8.72. The molecule has 0 aliphatic carbocycles. The molecule has 1 aromatic carbocycles. The van der Waals surface area contributed by atoms with Crippen molar-refractivity contribution in [2.45, 2.75) is 4.90 Å². The maximum Gasteiger partial charge on any atom is 0.255 e. The van der Waals surface area contributed by atoms with E-state index in [1.165, 1.54) is 0 Å². The first kappa shape index (κ1) is 12.1. The molecule has 0 spiro atoms. The summed E-state index contributed by atoms with van der Waals surface area (Å²) in [6, 6.07) is 8.84. The first-order valence-corrected chi connectivity index (χ1v) is 6.10. The van der Waals surface area contributed by atoms with Crippen molar-refractivity contribution in [3.63, 3.8) is 0 Å². The molecule has 5 heteroatoms. The minimum atomic E-state index is -0.180. The van der Waals surface area contributed by atoms with Crippen LogP contribution in [0.2, 0.25) is 0 Å². The number of halogens is 1. The van der Waals surface area contributed by atoms with Crippen molar-refractivity contribution in [2.75, 3.05) is 5.32 Å². The zero-order valence-corrected chi connectivity index (χ0v) is 11.2. The van der Waals surface area contributed by atoms with Crippen molar-refractivity contribution < 1.29 is 4.79 Å². The monoisotopic (exact) mass is 308 g/mol. The molecule has 1 heterocycles. The average Bonchev–Trinajstić information content (AvgIpc) is 2.29. The van der Waals surface area contributed by atoms with Gasteiger partial charge in [-0.1, -0.05) is 6.07 Å². The lowest BCUT2D eigenvalue weighted by Crippen LogP contribution is -2.11. The fraction of sp³-hybridized carbons (Fsp3) is 0. The van der Waals surface area contributed by atoms with Crippen LogP contribution in [0.3, 0.4) is 0 Å². The summed E-state index contributed by atoms with van der Waals surface area (Å²) in [6.07, 6.45) is 3.25. The summed E-state index contributed by atoms with van der Waals surface area (Å²) in [5.74, 6) is -0.180. The van der Waals surface area contributed by atoms with E-state index >= 15 is 0 Å². The topological polar surface area (TPSA) is 42.0 Å². The van der Waals surface area contributed by atoms with Gasteiger partial charge in [-0.25, -0.2) is 0 Å². The number of rotatable bonds is 2. The van der Waals surface area contributed by atoms with Crippen LogP contribution >= 0.6 is 28.6 Å². The fourth-order valence-electron chi connectivity index (χ4n) is 1.33. The number of aromatic nitrogens is 1. The van der Waals surface area contributed by atoms with Crippen LogP contribution in [-0.2, 0) is 0 Å². The molecule has 86 valence electrons. The van der Waals surface area contributed by atoms with E-state index in [2.05, 4.69) is 38.9 Å². The Bertz CT molecular complexity index is 560. The maximum atomic E-state index is 11.9. The Balaban J connectivity index is 2.17. The second-order valence-corrected chi connectivity index (χ2v) is 4.83. The van der Waals surface area contributed by atoms with Gasteiger partial charge in [0.2, 0.25) is 0 Å². The summed E-state index contributed by atoms with van der Waals surface area (Å²) < 4.78 is 0.818. The molecule has 1 aromatic heterocycles. The zero-order chi connectivity index (χ0) is 12.3. The molecule has 0 radical (unpaired) electrons. The van der Waals surface area contributed by atoms with E-state index in [-0.39, 0.29) is 5.91 Å². The fourth-order valence-corrected chi connectivity index (χ4v) is 1.92. The van der Waals surface area contributed by atoms with Crippen molar-refractivity contribution in [1.29, 1.82) is 0 Å². The Morgan fingerprint density at radius 1 is 1.29 bits per heavy atom. The van der Waals surface area contributed by atoms with Crippen LogP contribution in [0.5, 0.6) is 0 Å². The van der Waals surface area contributed by atoms with E-state index in [1.54, 1.807) is 36.7 Å². The van der Waals surface area contributed by atoms with Crippen molar-refractivity contribution >= 4 is 40.2 Å². The number of carbonyl (C=O) groups is 1. The largest absolute Gasteiger partial charge is 0.321 e. The Hall–Kier alpha value is -1.33. The summed E-state index contributed by atoms with van der Waals surface area (Å²) in [7, 11) is 0. The molecule has 0 aliphatic heterocycles. The van der Waals surface area contributed by atoms with E-state index in [1.807, 2.05) is 6.07 Å². The van der Waals surface area contributed by atoms with E-state index in [0.29, 0.717) is 11.3 Å². The third-order valence-corrected chi connectivity index (χ3v) is 2.78. The van der Waals surface area contributed by atoms with Crippen molar-refractivity contribution in [1.82, 2.24) is 4.98 Å². The van der Waals surface area contributed by atoms with Gasteiger partial charge in [-0.05, 0) is 40.2 Å². The molecule has 2 aromatic rings. The van der Waals surface area contributed by atoms with Gasteiger partial charge in [0.15, 0.2) is 0 Å². The molecule has 0 bridgehead atoms. The number of pyridine rings is 1. The second kappa shape index (κ2) is 5.33. The second-order valence-electron chi connectivity index (χ2n) is 3.40. The van der Waals surface area contributed by atoms with E-state index in [4.69, 9.17) is 0 Å². The summed E-state index contributed by atoms with van der Waals surface area (Å²) in [5, 5.41) is 2.76. The number of amides is 1. The van der Waals surface area contributed by atoms with Crippen molar-refractivity contribution in [3.8, 4) is 0 Å². The molecule has 1 N–H and O–H groups in total. The van der Waals surface area contributed by atoms with Gasteiger partial charge < -0.3 is 5.32 Å². The lowest BCUT2D eigenvalue weighted by molar-refractivity contribution is 0.102. The van der Waals surface area contributed by atoms with Crippen molar-refractivity contribution in [2.24, 2.45) is 0 Å². The third kappa shape index (κ3) is 3.31. The van der Waals surface area contributed by atoms with Gasteiger partial charge in [0, 0.05) is 21.1 Å². The predicted octanol–water partition coefficient (Wildman–Crippen LogP) is 3.39. The SMILES string of the molecule is O=C(Nc1cncc(Br)c1)c1cccc(S)c1. The Kier molecular flexibility index (Phi) is 3.81. The Morgan fingerprint density at radius 2 is 2.12 bits per heavy atom. The molecule has 0 atom stereocenters. The first-order chi connectivity index (χ1) is 8.15. The van der Waals surface area contributed by atoms with Gasteiger partial charge in [-0.15, -0.1) is 12.6 Å². The number of hydrogen-bond acceptors (Lipinski definition) is 3. The van der Waals surface area contributed by atoms with Gasteiger partial charge in [0.1, 0.15) is 0 Å². The highest BCUT2D eigenvalue weighted by Gasteiger charge is 2.06. The summed E-state index contributed by atoms with van der Waals surface area (Å²) >= 11 is 7.49. The van der Waals surface area contributed by atoms with E-state index in [0.717, 1.165) is 9.37 Å². The van der Waals surface area contributed by atoms with Gasteiger partial charge in [0.05, 0.1) is 11.9 Å². The molecular formula is C12H9BrN2OS. The van der Waals surface area contributed by atoms with Crippen LogP contribution in [0.4, 0.5) is 5.69 Å². The predicted molar refractivity (Wildman–Crippen MR) is 73.6 cm³/mol. The normalized spacial score (nSPS) is 10.0. The van der Waals surface area contributed by atoms with Gasteiger partial charge in [0.25, 0.3) is 5.91 Å². The molecule has 3 nitrogen and oxygen atoms in total. The van der Waals surface area contributed by atoms with E-state index in [9.17, 15) is 4.79 Å². The number of anilines is 1. The highest BCUT2D eigenvalue weighted by molar-refractivity contribution is 9.10. The van der Waals surface area contributed by atoms with Crippen LogP contribution in [-0.4, -0.2) is 10.9 Å². The molecule has 1 amide bonds. The average molecular weight is 309 g/mol. The minimum Gasteiger partial charge on any atom is -0.321 e. The van der Waals surface area contributed by atoms with Crippen molar-refractivity contribution in [3.05, 3.63) is 52.8 Å². The molecule has 0 unspecified atom stereocenters. The number of hydrogen-bond donors (Lipinski definition) is 2. The summed E-state index contributed by atoms with van der Waals surface area (Å²) in [5.41, 5.74) is 1.21. The number of carbonyl (C=O) groups excluding carboxylic acids is 1. The molecule has 0 fully saturated rings. The number of nitrogens with zero attached hydrogens (tertiary/aromatic N) is 1. The van der Waals surface area contributed by atoms with Gasteiger partial charge in [-0.2, -0.15) is 0 Å². The molecule has 17 heavy (non-hydrogen) atoms. The quantitative estimate of drug-likeness (QED) is 0.835. The maximum absolute atomic E-state index is 11.9. The summed E-state index contributed by atoms with van der Waals surface area (Å²) in [4.78, 5) is 16.6.